The normalized spacial score (nSPS) is 21.9. The van der Waals surface area contributed by atoms with Crippen LogP contribution in [0.15, 0.2) is 48.5 Å². The van der Waals surface area contributed by atoms with Crippen molar-refractivity contribution in [1.29, 1.82) is 0 Å². The van der Waals surface area contributed by atoms with Crippen LogP contribution in [0.2, 0.25) is 0 Å². The summed E-state index contributed by atoms with van der Waals surface area (Å²) in [5, 5.41) is 0. The van der Waals surface area contributed by atoms with E-state index < -0.39 is 60.5 Å². The Morgan fingerprint density at radius 1 is 0.750 bits per heavy atom. The number of nitrogens with two attached hydrogens (primary N) is 1. The lowest BCUT2D eigenvalue weighted by molar-refractivity contribution is -0.288. The summed E-state index contributed by atoms with van der Waals surface area (Å²) < 4.78 is 33.6. The highest BCUT2D eigenvalue weighted by molar-refractivity contribution is 5.92. The van der Waals surface area contributed by atoms with Crippen LogP contribution < -0.4 is 10.5 Å². The molecule has 2 aromatic rings. The van der Waals surface area contributed by atoms with Crippen molar-refractivity contribution in [3.05, 3.63) is 65.2 Å². The second-order valence-electron chi connectivity index (χ2n) is 9.03. The van der Waals surface area contributed by atoms with Crippen LogP contribution in [0.25, 0.3) is 0 Å². The van der Waals surface area contributed by atoms with E-state index in [-0.39, 0.29) is 6.61 Å². The van der Waals surface area contributed by atoms with Crippen LogP contribution in [0.4, 0.5) is 0 Å². The van der Waals surface area contributed by atoms with Crippen LogP contribution in [0, 0.1) is 0 Å². The number of rotatable bonds is 10. The molecule has 40 heavy (non-hydrogen) atoms. The number of carbonyl (C=O) groups excluding carboxylic acids is 5. The number of hydrogen-bond donors (Lipinski definition) is 1. The molecule has 1 heterocycles. The summed E-state index contributed by atoms with van der Waals surface area (Å²) in [7, 11) is 0. The zero-order valence-corrected chi connectivity index (χ0v) is 22.5. The van der Waals surface area contributed by atoms with Gasteiger partial charge in [-0.25, -0.2) is 0 Å². The SMILES string of the molecule is CC(=O)OC[C@H]1O[C@@H](Oc2ccccc2Cc2ccc(C(N)=O)cc2)[C@H](OC(C)=O)[C@@H](OC(C)=O)[C@@H]1OC(C)=O. The van der Waals surface area contributed by atoms with Crippen molar-refractivity contribution in [2.24, 2.45) is 5.73 Å². The van der Waals surface area contributed by atoms with Crippen molar-refractivity contribution in [2.75, 3.05) is 6.61 Å². The van der Waals surface area contributed by atoms with Gasteiger partial charge >= 0.3 is 23.9 Å². The van der Waals surface area contributed by atoms with Gasteiger partial charge in [-0.3, -0.25) is 24.0 Å². The maximum absolute atomic E-state index is 12.1. The van der Waals surface area contributed by atoms with Gasteiger partial charge in [0.1, 0.15) is 18.5 Å². The highest BCUT2D eigenvalue weighted by atomic mass is 16.7. The van der Waals surface area contributed by atoms with Gasteiger partial charge in [-0.15, -0.1) is 0 Å². The summed E-state index contributed by atoms with van der Waals surface area (Å²) in [6, 6.07) is 13.7. The Labute approximate surface area is 230 Å². The minimum Gasteiger partial charge on any atom is -0.463 e. The Morgan fingerprint density at radius 2 is 1.32 bits per heavy atom. The minimum absolute atomic E-state index is 0.349. The Bertz CT molecular complexity index is 1240. The van der Waals surface area contributed by atoms with Crippen molar-refractivity contribution in [3.8, 4) is 5.75 Å². The Balaban J connectivity index is 1.97. The second-order valence-corrected chi connectivity index (χ2v) is 9.03. The monoisotopic (exact) mass is 557 g/mol. The van der Waals surface area contributed by atoms with Gasteiger partial charge < -0.3 is 34.2 Å². The van der Waals surface area contributed by atoms with Gasteiger partial charge in [-0.05, 0) is 29.3 Å². The highest BCUT2D eigenvalue weighted by Gasteiger charge is 2.53. The molecule has 214 valence electrons. The van der Waals surface area contributed by atoms with Crippen molar-refractivity contribution in [3.63, 3.8) is 0 Å². The molecule has 2 N–H and O–H groups in total. The maximum atomic E-state index is 12.1. The number of hydrogen-bond acceptors (Lipinski definition) is 11. The molecule has 3 rings (SSSR count). The maximum Gasteiger partial charge on any atom is 0.303 e. The largest absolute Gasteiger partial charge is 0.463 e. The third-order valence-electron chi connectivity index (χ3n) is 5.80. The second kappa shape index (κ2) is 13.6. The zero-order valence-electron chi connectivity index (χ0n) is 22.5. The topological polar surface area (TPSA) is 167 Å². The molecule has 12 heteroatoms. The van der Waals surface area contributed by atoms with E-state index >= 15 is 0 Å². The fraction of sp³-hybridized carbons (Fsp3) is 0.393. The molecule has 1 aliphatic rings. The molecule has 1 aliphatic heterocycles. The van der Waals surface area contributed by atoms with E-state index in [9.17, 15) is 24.0 Å². The predicted octanol–water partition coefficient (Wildman–Crippen LogP) is 1.84. The quantitative estimate of drug-likeness (QED) is 0.334. The molecule has 1 amide bonds. The molecular formula is C28H31NO11. The van der Waals surface area contributed by atoms with Crippen LogP contribution in [-0.2, 0) is 49.3 Å². The van der Waals surface area contributed by atoms with Crippen LogP contribution >= 0.6 is 0 Å². The number of amides is 1. The van der Waals surface area contributed by atoms with Crippen LogP contribution in [-0.4, -0.2) is 67.1 Å². The summed E-state index contributed by atoms with van der Waals surface area (Å²) in [5.41, 5.74) is 7.25. The molecule has 12 nitrogen and oxygen atoms in total. The Hall–Kier alpha value is -4.45. The summed E-state index contributed by atoms with van der Waals surface area (Å²) in [5.74, 6) is -3.02. The number of para-hydroxylation sites is 1. The number of benzene rings is 2. The van der Waals surface area contributed by atoms with E-state index in [0.717, 1.165) is 26.3 Å². The first kappa shape index (κ1) is 30.1. The molecule has 1 fully saturated rings. The molecule has 0 spiro atoms. The third-order valence-corrected chi connectivity index (χ3v) is 5.80. The lowest BCUT2D eigenvalue weighted by Crippen LogP contribution is -2.63. The van der Waals surface area contributed by atoms with Crippen molar-refractivity contribution in [2.45, 2.75) is 64.8 Å². The van der Waals surface area contributed by atoms with Gasteiger partial charge in [0, 0.05) is 39.7 Å². The van der Waals surface area contributed by atoms with E-state index in [4.69, 9.17) is 34.2 Å². The molecule has 0 aromatic heterocycles. The first-order valence-corrected chi connectivity index (χ1v) is 12.4. The summed E-state index contributed by atoms with van der Waals surface area (Å²) in [6.45, 7) is 4.25. The predicted molar refractivity (Wildman–Crippen MR) is 137 cm³/mol. The molecular weight excluding hydrogens is 526 g/mol. The molecule has 0 unspecified atom stereocenters. The summed E-state index contributed by atoms with van der Waals surface area (Å²) in [4.78, 5) is 59.0. The molecule has 0 bridgehead atoms. The zero-order chi connectivity index (χ0) is 29.4. The minimum atomic E-state index is -1.36. The van der Waals surface area contributed by atoms with Gasteiger partial charge in [0.2, 0.25) is 18.3 Å². The van der Waals surface area contributed by atoms with Gasteiger partial charge in [0.15, 0.2) is 12.2 Å². The number of ether oxygens (including phenoxy) is 6. The van der Waals surface area contributed by atoms with Crippen LogP contribution in [0.1, 0.15) is 49.2 Å². The number of esters is 4. The van der Waals surface area contributed by atoms with Gasteiger partial charge in [-0.1, -0.05) is 30.3 Å². The molecule has 0 aliphatic carbocycles. The number of carbonyl (C=O) groups is 5. The lowest BCUT2D eigenvalue weighted by Gasteiger charge is -2.44. The molecule has 2 aromatic carbocycles. The first-order valence-electron chi connectivity index (χ1n) is 12.4. The van der Waals surface area contributed by atoms with Crippen molar-refractivity contribution >= 4 is 29.8 Å². The van der Waals surface area contributed by atoms with E-state index in [1.54, 1.807) is 42.5 Å². The Morgan fingerprint density at radius 3 is 1.90 bits per heavy atom. The molecule has 0 radical (unpaired) electrons. The van der Waals surface area contributed by atoms with Gasteiger partial charge in [0.05, 0.1) is 0 Å². The third kappa shape index (κ3) is 8.27. The average Bonchev–Trinajstić information content (AvgIpc) is 2.87. The fourth-order valence-electron chi connectivity index (χ4n) is 4.18. The smallest absolute Gasteiger partial charge is 0.303 e. The molecule has 1 saturated heterocycles. The lowest BCUT2D eigenvalue weighted by atomic mass is 9.98. The molecule has 5 atom stereocenters. The molecule has 0 saturated carbocycles. The van der Waals surface area contributed by atoms with Gasteiger partial charge in [-0.2, -0.15) is 0 Å². The number of primary amides is 1. The summed E-state index contributed by atoms with van der Waals surface area (Å²) >= 11 is 0. The van der Waals surface area contributed by atoms with Crippen molar-refractivity contribution < 1.29 is 52.4 Å². The fourth-order valence-corrected chi connectivity index (χ4v) is 4.18. The van der Waals surface area contributed by atoms with Crippen LogP contribution in [0.5, 0.6) is 5.75 Å². The first-order chi connectivity index (χ1) is 18.9. The summed E-state index contributed by atoms with van der Waals surface area (Å²) in [6.07, 6.45) is -6.11. The van der Waals surface area contributed by atoms with E-state index in [2.05, 4.69) is 0 Å². The van der Waals surface area contributed by atoms with E-state index in [1.807, 2.05) is 6.07 Å². The average molecular weight is 558 g/mol. The standard InChI is InChI=1S/C28H31NO11/c1-15(30)35-14-23-24(36-16(2)31)25(37-17(3)32)26(38-18(4)33)28(40-23)39-22-8-6-5-7-21(22)13-19-9-11-20(12-10-19)27(29)34/h5-12,23-26,28H,13-14H2,1-4H3,(H2,29,34)/t23-,24-,25+,26-,28-/m1/s1. The van der Waals surface area contributed by atoms with E-state index in [0.29, 0.717) is 23.3 Å². The van der Waals surface area contributed by atoms with E-state index in [1.165, 1.54) is 6.92 Å². The highest BCUT2D eigenvalue weighted by Crippen LogP contribution is 2.32. The van der Waals surface area contributed by atoms with Crippen molar-refractivity contribution in [1.82, 2.24) is 0 Å². The van der Waals surface area contributed by atoms with Gasteiger partial charge in [0.25, 0.3) is 0 Å². The Kier molecular flexibility index (Phi) is 10.2. The van der Waals surface area contributed by atoms with Crippen LogP contribution in [0.3, 0.4) is 0 Å².